The summed E-state index contributed by atoms with van der Waals surface area (Å²) < 4.78 is 68.7. The maximum Gasteiger partial charge on any atom is 0.472 e. The Bertz CT molecular complexity index is 2040. The number of aliphatic hydroxyl groups is 1. The summed E-state index contributed by atoms with van der Waals surface area (Å²) in [6.45, 7) is 7.26. The maximum absolute atomic E-state index is 13.1. The fourth-order valence-corrected chi connectivity index (χ4v) is 14.0. The lowest BCUT2D eigenvalue weighted by molar-refractivity contribution is -0.161. The van der Waals surface area contributed by atoms with Crippen molar-refractivity contribution in [3.63, 3.8) is 0 Å². The van der Waals surface area contributed by atoms with E-state index in [1.807, 2.05) is 0 Å². The quantitative estimate of drug-likeness (QED) is 0.0169. The largest absolute Gasteiger partial charge is 0.472 e. The molecular formula is C83H158O17P2. The zero-order valence-corrected chi connectivity index (χ0v) is 68.0. The number of hydrogen-bond donors (Lipinski definition) is 3. The number of rotatable bonds is 81. The van der Waals surface area contributed by atoms with E-state index in [1.54, 1.807) is 0 Å². The molecule has 0 heterocycles. The molecule has 0 saturated carbocycles. The van der Waals surface area contributed by atoms with Crippen LogP contribution in [0.3, 0.4) is 0 Å². The molecule has 3 N–H and O–H groups in total. The minimum absolute atomic E-state index is 0.102. The SMILES string of the molecule is CCCCCC/C=C\C=C/CCCCCCCC(=O)OC[C@H](COP(=O)(O)OC[C@@H](O)COP(=O)(O)OC[C@@H](COC(=O)CCCCCCCCCCCCCC)OC(=O)CCCCCCCCCCCCC(C)C)OC(=O)CCCCCCCCCCCCCCCCCCCCCCCC. The van der Waals surface area contributed by atoms with E-state index in [0.717, 1.165) is 115 Å². The van der Waals surface area contributed by atoms with Gasteiger partial charge in [0.05, 0.1) is 26.4 Å². The third kappa shape index (κ3) is 75.8. The molecule has 17 nitrogen and oxygen atoms in total. The summed E-state index contributed by atoms with van der Waals surface area (Å²) in [5.41, 5.74) is 0. The van der Waals surface area contributed by atoms with Gasteiger partial charge in [-0.05, 0) is 57.3 Å². The van der Waals surface area contributed by atoms with Crippen molar-refractivity contribution < 1.29 is 80.2 Å². The minimum atomic E-state index is -4.97. The fourth-order valence-electron chi connectivity index (χ4n) is 12.4. The number of carbonyl (C=O) groups excluding carboxylic acids is 4. The van der Waals surface area contributed by atoms with Gasteiger partial charge in [-0.15, -0.1) is 0 Å². The first-order valence-electron chi connectivity index (χ1n) is 42.5. The van der Waals surface area contributed by atoms with Crippen molar-refractivity contribution in [3.05, 3.63) is 24.3 Å². The van der Waals surface area contributed by atoms with E-state index in [1.165, 1.54) is 225 Å². The summed E-state index contributed by atoms with van der Waals surface area (Å²) in [5.74, 6) is -1.39. The van der Waals surface area contributed by atoms with Crippen LogP contribution in [0, 0.1) is 5.92 Å². The molecule has 0 aromatic heterocycles. The third-order valence-electron chi connectivity index (χ3n) is 18.9. The van der Waals surface area contributed by atoms with E-state index in [2.05, 4.69) is 58.9 Å². The molecule has 0 spiro atoms. The highest BCUT2D eigenvalue weighted by Gasteiger charge is 2.30. The summed E-state index contributed by atoms with van der Waals surface area (Å²) in [6, 6.07) is 0. The molecule has 0 rings (SSSR count). The molecule has 2 unspecified atom stereocenters. The first-order chi connectivity index (χ1) is 49.5. The highest BCUT2D eigenvalue weighted by Crippen LogP contribution is 2.45. The van der Waals surface area contributed by atoms with Gasteiger partial charge in [-0.3, -0.25) is 37.3 Å². The van der Waals surface area contributed by atoms with E-state index < -0.39 is 97.5 Å². The summed E-state index contributed by atoms with van der Waals surface area (Å²) in [6.07, 6.45) is 70.2. The second-order valence-electron chi connectivity index (χ2n) is 29.7. The number of phosphoric ester groups is 2. The molecule has 0 aromatic carbocycles. The molecule has 0 bridgehead atoms. The Morgan fingerprint density at radius 3 is 0.804 bits per heavy atom. The highest BCUT2D eigenvalue weighted by molar-refractivity contribution is 7.47. The monoisotopic (exact) mass is 1490 g/mol. The van der Waals surface area contributed by atoms with Gasteiger partial charge in [-0.25, -0.2) is 9.13 Å². The number of aliphatic hydroxyl groups excluding tert-OH is 1. The van der Waals surface area contributed by atoms with Crippen LogP contribution in [-0.2, 0) is 65.4 Å². The first-order valence-corrected chi connectivity index (χ1v) is 45.4. The predicted molar refractivity (Wildman–Crippen MR) is 418 cm³/mol. The van der Waals surface area contributed by atoms with E-state index in [-0.39, 0.29) is 25.7 Å². The molecule has 19 heteroatoms. The van der Waals surface area contributed by atoms with Gasteiger partial charge in [0.2, 0.25) is 0 Å². The van der Waals surface area contributed by atoms with E-state index in [9.17, 15) is 43.2 Å². The highest BCUT2D eigenvalue weighted by atomic mass is 31.2. The van der Waals surface area contributed by atoms with Crippen molar-refractivity contribution >= 4 is 39.5 Å². The number of unbranched alkanes of at least 4 members (excludes halogenated alkanes) is 50. The molecule has 5 atom stereocenters. The van der Waals surface area contributed by atoms with Crippen LogP contribution in [0.2, 0.25) is 0 Å². The zero-order valence-electron chi connectivity index (χ0n) is 66.2. The average Bonchev–Trinajstić information content (AvgIpc) is 0.908. The summed E-state index contributed by atoms with van der Waals surface area (Å²) in [4.78, 5) is 73.1. The molecule has 0 radical (unpaired) electrons. The standard InChI is InChI=1S/C83H158O17P2/c1-6-9-12-15-18-21-24-27-29-30-31-32-33-34-35-37-39-42-48-53-58-63-68-82(87)99-78(72-94-81(86)67-62-57-52-47-41-38-36-28-25-22-19-16-13-10-7-2)74-97-101(89,90)95-70-77(84)71-96-102(91,92)98-75-79(73-93-80(85)66-61-56-51-46-40-26-23-20-17-14-11-8-3)100-83(88)69-64-59-54-49-44-43-45-50-55-60-65-76(4)5/h22,25,28,36,76-79,84H,6-21,23-24,26-27,29-35,37-75H2,1-5H3,(H,89,90)(H,91,92)/b25-22-,36-28-/t77-,78-,79-/m1/s1. The number of hydrogen-bond acceptors (Lipinski definition) is 15. The van der Waals surface area contributed by atoms with Gasteiger partial charge in [-0.2, -0.15) is 0 Å². The van der Waals surface area contributed by atoms with Crippen molar-refractivity contribution in [2.24, 2.45) is 5.92 Å². The van der Waals surface area contributed by atoms with E-state index in [0.29, 0.717) is 25.7 Å². The van der Waals surface area contributed by atoms with Crippen LogP contribution in [0.1, 0.15) is 420 Å². The molecule has 0 amide bonds. The molecule has 0 aliphatic heterocycles. The van der Waals surface area contributed by atoms with Gasteiger partial charge in [-0.1, -0.05) is 367 Å². The van der Waals surface area contributed by atoms with Gasteiger partial charge < -0.3 is 33.8 Å². The summed E-state index contributed by atoms with van der Waals surface area (Å²) in [5, 5.41) is 10.6. The minimum Gasteiger partial charge on any atom is -0.462 e. The number of carbonyl (C=O) groups is 4. The Balaban J connectivity index is 5.25. The maximum atomic E-state index is 13.1. The molecule has 0 aromatic rings. The molecule has 602 valence electrons. The van der Waals surface area contributed by atoms with E-state index in [4.69, 9.17) is 37.0 Å². The Morgan fingerprint density at radius 1 is 0.304 bits per heavy atom. The number of phosphoric acid groups is 2. The molecule has 102 heavy (non-hydrogen) atoms. The van der Waals surface area contributed by atoms with Gasteiger partial charge >= 0.3 is 39.5 Å². The van der Waals surface area contributed by atoms with Crippen molar-refractivity contribution in [3.8, 4) is 0 Å². The summed E-state index contributed by atoms with van der Waals surface area (Å²) >= 11 is 0. The van der Waals surface area contributed by atoms with E-state index >= 15 is 0 Å². The second kappa shape index (κ2) is 75.4. The second-order valence-corrected chi connectivity index (χ2v) is 32.6. The van der Waals surface area contributed by atoms with Crippen LogP contribution in [0.5, 0.6) is 0 Å². The fraction of sp³-hybridized carbons (Fsp3) is 0.904. The molecule has 0 saturated heterocycles. The summed E-state index contributed by atoms with van der Waals surface area (Å²) in [7, 11) is -9.93. The van der Waals surface area contributed by atoms with Crippen molar-refractivity contribution in [2.45, 2.75) is 438 Å². The zero-order chi connectivity index (χ0) is 74.8. The topological polar surface area (TPSA) is 237 Å². The van der Waals surface area contributed by atoms with Crippen LogP contribution in [-0.4, -0.2) is 96.7 Å². The molecular weight excluding hydrogens is 1330 g/mol. The van der Waals surface area contributed by atoms with Gasteiger partial charge in [0.15, 0.2) is 12.2 Å². The third-order valence-corrected chi connectivity index (χ3v) is 20.8. The Morgan fingerprint density at radius 2 is 0.529 bits per heavy atom. The van der Waals surface area contributed by atoms with Crippen LogP contribution in [0.15, 0.2) is 24.3 Å². The average molecular weight is 1490 g/mol. The number of allylic oxidation sites excluding steroid dienone is 4. The van der Waals surface area contributed by atoms with Crippen molar-refractivity contribution in [1.82, 2.24) is 0 Å². The van der Waals surface area contributed by atoms with Crippen LogP contribution in [0.25, 0.3) is 0 Å². The van der Waals surface area contributed by atoms with Crippen molar-refractivity contribution in [2.75, 3.05) is 39.6 Å². The van der Waals surface area contributed by atoms with Crippen LogP contribution >= 0.6 is 15.6 Å². The first kappa shape index (κ1) is 99.5. The van der Waals surface area contributed by atoms with Gasteiger partial charge in [0.25, 0.3) is 0 Å². The van der Waals surface area contributed by atoms with Gasteiger partial charge in [0, 0.05) is 25.7 Å². The predicted octanol–water partition coefficient (Wildman–Crippen LogP) is 24.8. The lowest BCUT2D eigenvalue weighted by Crippen LogP contribution is -2.30. The lowest BCUT2D eigenvalue weighted by atomic mass is 10.0. The molecule has 0 aliphatic rings. The number of esters is 4. The Labute approximate surface area is 624 Å². The Kier molecular flexibility index (Phi) is 73.5. The lowest BCUT2D eigenvalue weighted by Gasteiger charge is -2.21. The van der Waals surface area contributed by atoms with Crippen LogP contribution < -0.4 is 0 Å². The number of ether oxygens (including phenoxy) is 4. The molecule has 0 aliphatic carbocycles. The van der Waals surface area contributed by atoms with Crippen LogP contribution in [0.4, 0.5) is 0 Å². The van der Waals surface area contributed by atoms with Gasteiger partial charge in [0.1, 0.15) is 19.3 Å². The normalized spacial score (nSPS) is 14.0. The van der Waals surface area contributed by atoms with Crippen molar-refractivity contribution in [1.29, 1.82) is 0 Å². The molecule has 0 fully saturated rings. The smallest absolute Gasteiger partial charge is 0.462 e. The Hall–Kier alpha value is -2.46.